The van der Waals surface area contributed by atoms with Crippen LogP contribution in [0.15, 0.2) is 53.4 Å². The molecule has 0 saturated carbocycles. The molecule has 1 heterocycles. The molecular formula is C19H22N2O2S. The number of fused-ring (bicyclic) bond motifs is 1. The molecule has 1 amide bonds. The molecule has 0 bridgehead atoms. The van der Waals surface area contributed by atoms with Crippen molar-refractivity contribution in [3.63, 3.8) is 0 Å². The molecule has 24 heavy (non-hydrogen) atoms. The van der Waals surface area contributed by atoms with E-state index < -0.39 is 0 Å². The molecule has 0 atom stereocenters. The van der Waals surface area contributed by atoms with Gasteiger partial charge in [0.15, 0.2) is 0 Å². The average Bonchev–Trinajstić information content (AvgIpc) is 2.77. The van der Waals surface area contributed by atoms with E-state index >= 15 is 0 Å². The Morgan fingerprint density at radius 1 is 1.25 bits per heavy atom. The third-order valence-electron chi connectivity index (χ3n) is 4.00. The van der Waals surface area contributed by atoms with Gasteiger partial charge in [0.2, 0.25) is 5.91 Å². The molecule has 0 saturated heterocycles. The van der Waals surface area contributed by atoms with Gasteiger partial charge in [0, 0.05) is 44.1 Å². The summed E-state index contributed by atoms with van der Waals surface area (Å²) in [5.41, 5.74) is 2.30. The van der Waals surface area contributed by atoms with Gasteiger partial charge < -0.3 is 9.64 Å². The molecular weight excluding hydrogens is 320 g/mol. The molecule has 2 aromatic rings. The Morgan fingerprint density at radius 3 is 2.79 bits per heavy atom. The van der Waals surface area contributed by atoms with E-state index in [0.29, 0.717) is 13.2 Å². The molecule has 4 nitrogen and oxygen atoms in total. The normalized spacial score (nSPS) is 14.4. The monoisotopic (exact) mass is 342 g/mol. The zero-order chi connectivity index (χ0) is 16.9. The number of carbonyl (C=O) groups is 1. The second-order valence-corrected chi connectivity index (χ2v) is 7.10. The van der Waals surface area contributed by atoms with Crippen molar-refractivity contribution in [2.45, 2.75) is 24.9 Å². The highest BCUT2D eigenvalue weighted by Crippen LogP contribution is 2.30. The van der Waals surface area contributed by atoms with E-state index in [4.69, 9.17) is 4.74 Å². The van der Waals surface area contributed by atoms with Crippen molar-refractivity contribution in [1.82, 2.24) is 9.21 Å². The maximum Gasteiger partial charge on any atom is 0.219 e. The van der Waals surface area contributed by atoms with Crippen LogP contribution in [0.5, 0.6) is 5.75 Å². The van der Waals surface area contributed by atoms with Crippen LogP contribution in [0.4, 0.5) is 0 Å². The molecule has 0 aliphatic carbocycles. The Balaban J connectivity index is 1.74. The van der Waals surface area contributed by atoms with Crippen LogP contribution in [-0.2, 0) is 17.9 Å². The lowest BCUT2D eigenvalue weighted by Crippen LogP contribution is -2.23. The Morgan fingerprint density at radius 2 is 2.04 bits per heavy atom. The molecule has 1 aliphatic rings. The first kappa shape index (κ1) is 16.9. The van der Waals surface area contributed by atoms with Gasteiger partial charge in [-0.3, -0.25) is 4.79 Å². The van der Waals surface area contributed by atoms with Crippen molar-refractivity contribution < 1.29 is 9.53 Å². The Bertz CT molecular complexity index is 706. The molecule has 1 aliphatic heterocycles. The maximum atomic E-state index is 11.4. The summed E-state index contributed by atoms with van der Waals surface area (Å²) in [5.74, 6) is 1.02. The lowest BCUT2D eigenvalue weighted by atomic mass is 10.1. The zero-order valence-electron chi connectivity index (χ0n) is 14.1. The van der Waals surface area contributed by atoms with E-state index in [2.05, 4.69) is 34.6 Å². The number of rotatable bonds is 4. The van der Waals surface area contributed by atoms with Gasteiger partial charge in [0.1, 0.15) is 12.4 Å². The van der Waals surface area contributed by atoms with Gasteiger partial charge in [0.05, 0.1) is 0 Å². The smallest absolute Gasteiger partial charge is 0.219 e. The van der Waals surface area contributed by atoms with Gasteiger partial charge in [0.25, 0.3) is 0 Å². The summed E-state index contributed by atoms with van der Waals surface area (Å²) in [5, 5.41) is 0. The van der Waals surface area contributed by atoms with E-state index in [1.165, 1.54) is 10.5 Å². The molecule has 3 rings (SSSR count). The topological polar surface area (TPSA) is 32.8 Å². The van der Waals surface area contributed by atoms with Gasteiger partial charge in [-0.15, -0.1) is 0 Å². The number of hydrogen-bond acceptors (Lipinski definition) is 4. The Labute approximate surface area is 147 Å². The number of ether oxygens (including phenoxy) is 1. The summed E-state index contributed by atoms with van der Waals surface area (Å²) in [6, 6.07) is 16.6. The van der Waals surface area contributed by atoms with Crippen LogP contribution < -0.4 is 4.74 Å². The summed E-state index contributed by atoms with van der Waals surface area (Å²) in [7, 11) is 1.82. The highest BCUT2D eigenvalue weighted by atomic mass is 32.2. The van der Waals surface area contributed by atoms with Crippen LogP contribution >= 0.6 is 11.9 Å². The zero-order valence-corrected chi connectivity index (χ0v) is 14.9. The van der Waals surface area contributed by atoms with E-state index in [1.807, 2.05) is 25.2 Å². The molecule has 5 heteroatoms. The van der Waals surface area contributed by atoms with Crippen molar-refractivity contribution in [2.24, 2.45) is 0 Å². The van der Waals surface area contributed by atoms with Crippen LogP contribution in [-0.4, -0.2) is 35.3 Å². The molecule has 0 radical (unpaired) electrons. The number of nitrogens with zero attached hydrogens (tertiary/aromatic N) is 2. The van der Waals surface area contributed by atoms with E-state index in [-0.39, 0.29) is 5.91 Å². The third kappa shape index (κ3) is 4.30. The van der Waals surface area contributed by atoms with Crippen LogP contribution in [0.1, 0.15) is 18.1 Å². The van der Waals surface area contributed by atoms with Crippen LogP contribution in [0.25, 0.3) is 0 Å². The van der Waals surface area contributed by atoms with E-state index in [1.54, 1.807) is 23.8 Å². The average molecular weight is 342 g/mol. The summed E-state index contributed by atoms with van der Waals surface area (Å²) in [6.07, 6.45) is 0. The van der Waals surface area contributed by atoms with E-state index in [9.17, 15) is 4.79 Å². The Kier molecular flexibility index (Phi) is 5.43. The van der Waals surface area contributed by atoms with Gasteiger partial charge >= 0.3 is 0 Å². The van der Waals surface area contributed by atoms with Gasteiger partial charge in [-0.2, -0.15) is 0 Å². The van der Waals surface area contributed by atoms with Crippen LogP contribution in [0, 0.1) is 0 Å². The Hall–Kier alpha value is -1.98. The summed E-state index contributed by atoms with van der Waals surface area (Å²) < 4.78 is 8.21. The predicted molar refractivity (Wildman–Crippen MR) is 96.8 cm³/mol. The lowest BCUT2D eigenvalue weighted by Gasteiger charge is -2.19. The molecule has 0 fully saturated rings. The summed E-state index contributed by atoms with van der Waals surface area (Å²) in [6.45, 7) is 4.59. The molecule has 0 unspecified atom stereocenters. The first-order chi connectivity index (χ1) is 11.6. The summed E-state index contributed by atoms with van der Waals surface area (Å²) >= 11 is 1.75. The first-order valence-electron chi connectivity index (χ1n) is 8.06. The lowest BCUT2D eigenvalue weighted by molar-refractivity contribution is -0.128. The minimum atomic E-state index is 0.0717. The molecule has 0 N–H and O–H groups in total. The fraction of sp³-hybridized carbons (Fsp3) is 0.316. The van der Waals surface area contributed by atoms with Crippen molar-refractivity contribution in [3.8, 4) is 5.75 Å². The number of amides is 1. The van der Waals surface area contributed by atoms with Crippen LogP contribution in [0.3, 0.4) is 0 Å². The largest absolute Gasteiger partial charge is 0.492 e. The highest BCUT2D eigenvalue weighted by Gasteiger charge is 2.17. The van der Waals surface area contributed by atoms with Crippen molar-refractivity contribution in [2.75, 3.05) is 20.2 Å². The van der Waals surface area contributed by atoms with Gasteiger partial charge in [-0.1, -0.05) is 24.3 Å². The second kappa shape index (κ2) is 7.73. The third-order valence-corrected chi connectivity index (χ3v) is 5.06. The van der Waals surface area contributed by atoms with Crippen molar-refractivity contribution in [1.29, 1.82) is 0 Å². The van der Waals surface area contributed by atoms with Gasteiger partial charge in [-0.05, 0) is 41.8 Å². The molecule has 0 spiro atoms. The predicted octanol–water partition coefficient (Wildman–Crippen LogP) is 3.57. The van der Waals surface area contributed by atoms with E-state index in [0.717, 1.165) is 24.4 Å². The number of benzene rings is 2. The number of hydrogen-bond donors (Lipinski definition) is 0. The highest BCUT2D eigenvalue weighted by molar-refractivity contribution is 7.97. The van der Waals surface area contributed by atoms with Crippen molar-refractivity contribution >= 4 is 17.9 Å². The maximum absolute atomic E-state index is 11.4. The number of carbonyl (C=O) groups excluding carboxylic acids is 1. The van der Waals surface area contributed by atoms with Crippen LogP contribution in [0.2, 0.25) is 0 Å². The summed E-state index contributed by atoms with van der Waals surface area (Å²) in [4.78, 5) is 14.4. The fourth-order valence-corrected chi connectivity index (χ4v) is 3.56. The fourth-order valence-electron chi connectivity index (χ4n) is 2.62. The minimum Gasteiger partial charge on any atom is -0.492 e. The van der Waals surface area contributed by atoms with Crippen molar-refractivity contribution in [3.05, 3.63) is 59.7 Å². The molecule has 0 aromatic heterocycles. The SMILES string of the molecule is CC(=O)N(C)Cc1ccc2c(c1)CN(Sc1ccccc1)CCO2. The second-order valence-electron chi connectivity index (χ2n) is 5.93. The molecule has 2 aromatic carbocycles. The minimum absolute atomic E-state index is 0.0717. The van der Waals surface area contributed by atoms with Gasteiger partial charge in [-0.25, -0.2) is 4.31 Å². The standard InChI is InChI=1S/C19H22N2O2S/c1-15(22)20(2)13-16-8-9-19-17(12-16)14-21(10-11-23-19)24-18-6-4-3-5-7-18/h3-9,12H,10-11,13-14H2,1-2H3. The first-order valence-corrected chi connectivity index (χ1v) is 8.83. The quantitative estimate of drug-likeness (QED) is 0.795. The molecule has 126 valence electrons.